The molecule has 0 atom stereocenters. The van der Waals surface area contributed by atoms with Gasteiger partial charge in [-0.25, -0.2) is 0 Å². The van der Waals surface area contributed by atoms with Crippen LogP contribution < -0.4 is 0 Å². The van der Waals surface area contributed by atoms with Gasteiger partial charge in [0.2, 0.25) is 5.91 Å². The minimum atomic E-state index is 0.0892. The van der Waals surface area contributed by atoms with Crippen molar-refractivity contribution in [2.45, 2.75) is 32.5 Å². The SMILES string of the molecule is C=CCn1c(C)nnc1SCC(=O)N(CC)CC(=C)C. The quantitative estimate of drug-likeness (QED) is 0.545. The van der Waals surface area contributed by atoms with Crippen molar-refractivity contribution in [1.29, 1.82) is 0 Å². The van der Waals surface area contributed by atoms with Gasteiger partial charge in [-0.15, -0.1) is 16.8 Å². The predicted octanol–water partition coefficient (Wildman–Crippen LogP) is 2.29. The highest BCUT2D eigenvalue weighted by molar-refractivity contribution is 7.99. The topological polar surface area (TPSA) is 51.0 Å². The van der Waals surface area contributed by atoms with E-state index >= 15 is 0 Å². The Bertz CT molecular complexity index is 495. The van der Waals surface area contributed by atoms with Gasteiger partial charge in [0, 0.05) is 19.6 Å². The van der Waals surface area contributed by atoms with Crippen molar-refractivity contribution in [3.63, 3.8) is 0 Å². The van der Waals surface area contributed by atoms with Gasteiger partial charge in [0.15, 0.2) is 5.16 Å². The molecule has 1 aromatic rings. The molecule has 6 heteroatoms. The number of nitrogens with zero attached hydrogens (tertiary/aromatic N) is 4. The van der Waals surface area contributed by atoms with Gasteiger partial charge in [-0.1, -0.05) is 30.0 Å². The summed E-state index contributed by atoms with van der Waals surface area (Å²) < 4.78 is 1.94. The Labute approximate surface area is 124 Å². The van der Waals surface area contributed by atoms with E-state index < -0.39 is 0 Å². The van der Waals surface area contributed by atoms with E-state index in [1.807, 2.05) is 25.3 Å². The van der Waals surface area contributed by atoms with Gasteiger partial charge in [0.05, 0.1) is 5.75 Å². The van der Waals surface area contributed by atoms with Crippen LogP contribution >= 0.6 is 11.8 Å². The molecule has 5 nitrogen and oxygen atoms in total. The summed E-state index contributed by atoms with van der Waals surface area (Å²) in [5.41, 5.74) is 0.982. The van der Waals surface area contributed by atoms with E-state index in [4.69, 9.17) is 0 Å². The molecule has 0 aliphatic heterocycles. The van der Waals surface area contributed by atoms with Crippen molar-refractivity contribution >= 4 is 17.7 Å². The molecule has 0 radical (unpaired) electrons. The fraction of sp³-hybridized carbons (Fsp3) is 0.500. The molecule has 1 heterocycles. The summed E-state index contributed by atoms with van der Waals surface area (Å²) in [6, 6.07) is 0. The second-order valence-corrected chi connectivity index (χ2v) is 5.53. The smallest absolute Gasteiger partial charge is 0.233 e. The molecule has 0 fully saturated rings. The maximum atomic E-state index is 12.1. The van der Waals surface area contributed by atoms with Gasteiger partial charge in [0.25, 0.3) is 0 Å². The van der Waals surface area contributed by atoms with Crippen LogP contribution in [-0.2, 0) is 11.3 Å². The third kappa shape index (κ3) is 4.52. The van der Waals surface area contributed by atoms with Crippen LogP contribution in [0.3, 0.4) is 0 Å². The fourth-order valence-corrected chi connectivity index (χ4v) is 2.62. The number of allylic oxidation sites excluding steroid dienone is 1. The van der Waals surface area contributed by atoms with E-state index in [1.165, 1.54) is 11.8 Å². The third-order valence-corrected chi connectivity index (χ3v) is 3.68. The van der Waals surface area contributed by atoms with Crippen molar-refractivity contribution in [3.8, 4) is 0 Å². The lowest BCUT2D eigenvalue weighted by atomic mass is 10.3. The van der Waals surface area contributed by atoms with Crippen LogP contribution in [0.5, 0.6) is 0 Å². The molecule has 1 amide bonds. The number of thioether (sulfide) groups is 1. The van der Waals surface area contributed by atoms with Gasteiger partial charge in [-0.05, 0) is 20.8 Å². The molecule has 0 saturated carbocycles. The van der Waals surface area contributed by atoms with Crippen molar-refractivity contribution in [3.05, 3.63) is 30.6 Å². The average Bonchev–Trinajstić information content (AvgIpc) is 2.75. The van der Waals surface area contributed by atoms with E-state index in [2.05, 4.69) is 23.4 Å². The number of amides is 1. The number of hydrogen-bond donors (Lipinski definition) is 0. The number of rotatable bonds is 8. The fourth-order valence-electron chi connectivity index (χ4n) is 1.73. The average molecular weight is 294 g/mol. The number of likely N-dealkylation sites (N-methyl/N-ethyl adjacent to an activating group) is 1. The van der Waals surface area contributed by atoms with E-state index in [0.29, 0.717) is 25.4 Å². The van der Waals surface area contributed by atoms with Crippen LogP contribution in [0.1, 0.15) is 19.7 Å². The molecule has 0 spiro atoms. The van der Waals surface area contributed by atoms with E-state index in [0.717, 1.165) is 16.6 Å². The Morgan fingerprint density at radius 1 is 1.50 bits per heavy atom. The first-order chi connectivity index (χ1) is 9.49. The Balaban J connectivity index is 2.64. The standard InChI is InChI=1S/C14H22N4OS/c1-6-8-18-12(5)15-16-14(18)20-10-13(19)17(7-2)9-11(3)4/h6H,1,3,7-10H2,2,4-5H3. The van der Waals surface area contributed by atoms with Crippen LogP contribution in [0.15, 0.2) is 30.0 Å². The maximum absolute atomic E-state index is 12.1. The molecular formula is C14H22N4OS. The zero-order valence-corrected chi connectivity index (χ0v) is 13.2. The molecule has 0 unspecified atom stereocenters. The molecule has 20 heavy (non-hydrogen) atoms. The number of carbonyl (C=O) groups excluding carboxylic acids is 1. The van der Waals surface area contributed by atoms with Gasteiger partial charge >= 0.3 is 0 Å². The molecule has 110 valence electrons. The Kier molecular flexibility index (Phi) is 6.51. The summed E-state index contributed by atoms with van der Waals surface area (Å²) in [5.74, 6) is 1.27. The third-order valence-electron chi connectivity index (χ3n) is 2.73. The first-order valence-electron chi connectivity index (χ1n) is 6.55. The minimum absolute atomic E-state index is 0.0892. The first-order valence-corrected chi connectivity index (χ1v) is 7.53. The van der Waals surface area contributed by atoms with Gasteiger partial charge in [-0.2, -0.15) is 0 Å². The van der Waals surface area contributed by atoms with E-state index in [9.17, 15) is 4.79 Å². The summed E-state index contributed by atoms with van der Waals surface area (Å²) in [7, 11) is 0. The maximum Gasteiger partial charge on any atom is 0.233 e. The van der Waals surface area contributed by atoms with Gasteiger partial charge in [0.1, 0.15) is 5.82 Å². The highest BCUT2D eigenvalue weighted by Gasteiger charge is 2.15. The van der Waals surface area contributed by atoms with E-state index in [1.54, 1.807) is 11.0 Å². The lowest BCUT2D eigenvalue weighted by Gasteiger charge is -2.20. The van der Waals surface area contributed by atoms with Crippen molar-refractivity contribution < 1.29 is 4.79 Å². The molecule has 0 saturated heterocycles. The molecule has 1 rings (SSSR count). The zero-order chi connectivity index (χ0) is 15.1. The van der Waals surface area contributed by atoms with Crippen LogP contribution in [0.2, 0.25) is 0 Å². The molecule has 0 aliphatic carbocycles. The van der Waals surface area contributed by atoms with E-state index in [-0.39, 0.29) is 5.91 Å². The molecule has 0 bridgehead atoms. The normalized spacial score (nSPS) is 10.3. The van der Waals surface area contributed by atoms with Crippen LogP contribution in [0, 0.1) is 6.92 Å². The number of aromatic nitrogens is 3. The second kappa shape index (κ2) is 7.89. The summed E-state index contributed by atoms with van der Waals surface area (Å²) >= 11 is 1.41. The Morgan fingerprint density at radius 2 is 2.20 bits per heavy atom. The van der Waals surface area contributed by atoms with Gasteiger partial charge in [-0.3, -0.25) is 4.79 Å². The Hall–Kier alpha value is -1.56. The second-order valence-electron chi connectivity index (χ2n) is 4.58. The van der Waals surface area contributed by atoms with Crippen LogP contribution in [0.25, 0.3) is 0 Å². The monoisotopic (exact) mass is 294 g/mol. The predicted molar refractivity (Wildman–Crippen MR) is 82.7 cm³/mol. The molecule has 0 aliphatic rings. The largest absolute Gasteiger partial charge is 0.338 e. The number of aryl methyl sites for hydroxylation is 1. The van der Waals surface area contributed by atoms with Crippen molar-refractivity contribution in [1.82, 2.24) is 19.7 Å². The van der Waals surface area contributed by atoms with Gasteiger partial charge < -0.3 is 9.47 Å². The molecule has 1 aromatic heterocycles. The van der Waals surface area contributed by atoms with Crippen molar-refractivity contribution in [2.24, 2.45) is 0 Å². The minimum Gasteiger partial charge on any atom is -0.338 e. The molecule has 0 N–H and O–H groups in total. The number of carbonyl (C=O) groups is 1. The lowest BCUT2D eigenvalue weighted by molar-refractivity contribution is -0.127. The van der Waals surface area contributed by atoms with Crippen molar-refractivity contribution in [2.75, 3.05) is 18.8 Å². The first kappa shape index (κ1) is 16.5. The molecular weight excluding hydrogens is 272 g/mol. The lowest BCUT2D eigenvalue weighted by Crippen LogP contribution is -2.33. The highest BCUT2D eigenvalue weighted by Crippen LogP contribution is 2.17. The highest BCUT2D eigenvalue weighted by atomic mass is 32.2. The van der Waals surface area contributed by atoms with Crippen LogP contribution in [0.4, 0.5) is 0 Å². The molecule has 0 aromatic carbocycles. The summed E-state index contributed by atoms with van der Waals surface area (Å²) in [5, 5.41) is 8.88. The zero-order valence-electron chi connectivity index (χ0n) is 12.4. The summed E-state index contributed by atoms with van der Waals surface area (Å²) in [6.07, 6.45) is 1.79. The summed E-state index contributed by atoms with van der Waals surface area (Å²) in [4.78, 5) is 13.9. The Morgan fingerprint density at radius 3 is 2.75 bits per heavy atom. The summed E-state index contributed by atoms with van der Waals surface area (Å²) in [6.45, 7) is 15.3. The number of hydrogen-bond acceptors (Lipinski definition) is 4. The van der Waals surface area contributed by atoms with Crippen LogP contribution in [-0.4, -0.2) is 44.4 Å².